The van der Waals surface area contributed by atoms with E-state index in [1.807, 2.05) is 0 Å². The highest BCUT2D eigenvalue weighted by molar-refractivity contribution is 5.96. The third-order valence-electron chi connectivity index (χ3n) is 13.9. The highest BCUT2D eigenvalue weighted by Crippen LogP contribution is 2.64. The molecular weight excluding hydrogens is 872 g/mol. The molecule has 66 heavy (non-hydrogen) atoms. The zero-order valence-electron chi connectivity index (χ0n) is 36.8. The molecule has 3 aromatic carbocycles. The molecule has 2 saturated carbocycles. The second-order valence-corrected chi connectivity index (χ2v) is 18.1. The molecular formula is C48H50F3NO14. The van der Waals surface area contributed by atoms with Gasteiger partial charge in [-0.2, -0.15) is 13.2 Å². The number of rotatable bonds is 10. The average molecular weight is 922 g/mol. The number of halogens is 3. The minimum atomic E-state index is -4.68. The predicted molar refractivity (Wildman–Crippen MR) is 223 cm³/mol. The molecule has 11 atom stereocenters. The van der Waals surface area contributed by atoms with Crippen LogP contribution in [0.5, 0.6) is 0 Å². The normalized spacial score (nSPS) is 30.9. The first-order valence-corrected chi connectivity index (χ1v) is 21.2. The van der Waals surface area contributed by atoms with Crippen LogP contribution in [0.3, 0.4) is 0 Å². The number of hydrogen-bond acceptors (Lipinski definition) is 14. The molecule has 3 aliphatic carbocycles. The van der Waals surface area contributed by atoms with Gasteiger partial charge in [-0.1, -0.05) is 62.4 Å². The Hall–Kier alpha value is -5.95. The maximum absolute atomic E-state index is 15.5. The van der Waals surface area contributed by atoms with Gasteiger partial charge >= 0.3 is 30.1 Å². The molecule has 4 N–H and O–H groups in total. The van der Waals surface area contributed by atoms with E-state index in [1.165, 1.54) is 52.0 Å². The minimum Gasteiger partial charge on any atom is -0.456 e. The standard InChI is InChI=1S/C48H50F3NO14/c1-24-31(64-43(60)36(56)35(27-13-9-7-10-14-27)52-41(58)28-17-19-30(20-18-28)48(49,50)51)22-47(61)40(65-42(59)29-15-11-8-12-16-29)38-45(6,32(55)21-33-46(38,23-62-33)66-26(3)54)39(57)37(63-25(2)53)34(24)44(47,4)5/h7-20,31-33,35-38,40,55-56,61H,21-23H2,1-6H3,(H,52,58)/t31-,32-,33?,35+,36+,37+,38-,40-,45+,46-,47+/m0/s1. The summed E-state index contributed by atoms with van der Waals surface area (Å²) < 4.78 is 70.0. The Labute approximate surface area is 377 Å². The smallest absolute Gasteiger partial charge is 0.416 e. The summed E-state index contributed by atoms with van der Waals surface area (Å²) in [6.45, 7) is 7.60. The molecule has 1 amide bonds. The van der Waals surface area contributed by atoms with Gasteiger partial charge in [0.05, 0.1) is 41.2 Å². The largest absolute Gasteiger partial charge is 0.456 e. The molecule has 18 heteroatoms. The van der Waals surface area contributed by atoms with Gasteiger partial charge < -0.3 is 44.3 Å². The number of aliphatic hydroxyl groups is 3. The van der Waals surface area contributed by atoms with Gasteiger partial charge in [0.2, 0.25) is 0 Å². The van der Waals surface area contributed by atoms with Gasteiger partial charge in [-0.3, -0.25) is 19.2 Å². The van der Waals surface area contributed by atoms with Crippen molar-refractivity contribution in [2.24, 2.45) is 16.7 Å². The van der Waals surface area contributed by atoms with Crippen LogP contribution in [0.2, 0.25) is 0 Å². The molecule has 3 fully saturated rings. The molecule has 2 bridgehead atoms. The predicted octanol–water partition coefficient (Wildman–Crippen LogP) is 4.75. The van der Waals surface area contributed by atoms with Crippen LogP contribution in [-0.2, 0) is 49.0 Å². The Morgan fingerprint density at radius 2 is 1.45 bits per heavy atom. The van der Waals surface area contributed by atoms with Crippen molar-refractivity contribution in [1.29, 1.82) is 0 Å². The minimum absolute atomic E-state index is 0.0187. The molecule has 3 aromatic rings. The number of fused-ring (bicyclic) bond motifs is 5. The molecule has 352 valence electrons. The van der Waals surface area contributed by atoms with Gasteiger partial charge in [-0.25, -0.2) is 9.59 Å². The topological polar surface area (TPSA) is 221 Å². The van der Waals surface area contributed by atoms with Crippen molar-refractivity contribution >= 4 is 35.6 Å². The molecule has 0 spiro atoms. The van der Waals surface area contributed by atoms with E-state index in [0.29, 0.717) is 12.1 Å². The van der Waals surface area contributed by atoms with Crippen molar-refractivity contribution in [3.8, 4) is 0 Å². The number of nitrogens with one attached hydrogen (secondary N) is 1. The summed E-state index contributed by atoms with van der Waals surface area (Å²) in [5.41, 5.74) is -9.21. The molecule has 0 radical (unpaired) electrons. The summed E-state index contributed by atoms with van der Waals surface area (Å²) in [5.74, 6) is -7.64. The molecule has 15 nitrogen and oxygen atoms in total. The van der Waals surface area contributed by atoms with Gasteiger partial charge in [0.1, 0.15) is 23.9 Å². The lowest BCUT2D eigenvalue weighted by molar-refractivity contribution is -0.346. The highest BCUT2D eigenvalue weighted by atomic mass is 19.4. The number of hydrogen-bond donors (Lipinski definition) is 4. The van der Waals surface area contributed by atoms with E-state index >= 15 is 4.79 Å². The van der Waals surface area contributed by atoms with Gasteiger partial charge in [0, 0.05) is 37.7 Å². The summed E-state index contributed by atoms with van der Waals surface area (Å²) in [6, 6.07) is 17.0. The lowest BCUT2D eigenvalue weighted by atomic mass is 9.44. The van der Waals surface area contributed by atoms with Crippen LogP contribution in [0.1, 0.15) is 92.3 Å². The van der Waals surface area contributed by atoms with Crippen LogP contribution in [0, 0.1) is 16.7 Å². The van der Waals surface area contributed by atoms with Crippen molar-refractivity contribution in [1.82, 2.24) is 5.32 Å². The number of alkyl halides is 3. The zero-order chi connectivity index (χ0) is 48.3. The molecule has 1 aliphatic heterocycles. The number of carbonyl (C=O) groups excluding carboxylic acids is 6. The number of Topliss-reactive ketones (excluding diaryl/α,β-unsaturated/α-hetero) is 1. The summed E-state index contributed by atoms with van der Waals surface area (Å²) in [5, 5.41) is 40.0. The zero-order valence-corrected chi connectivity index (χ0v) is 36.8. The summed E-state index contributed by atoms with van der Waals surface area (Å²) >= 11 is 0. The Morgan fingerprint density at radius 1 is 0.848 bits per heavy atom. The third kappa shape index (κ3) is 8.07. The fraction of sp³-hybridized carbons (Fsp3) is 0.458. The average Bonchev–Trinajstić information content (AvgIpc) is 3.26. The SMILES string of the molecule is CC(=O)O[C@H]1C(=O)[C@]2(C)[C@@H](O)CC3OC[C@@]3(OC(C)=O)[C@H]2[C@H](OC(=O)c2ccccc2)[C@]2(O)C[C@H](OC(=O)[C@H](O)[C@H](NC(=O)c3ccc(C(F)(F)F)cc3)c3ccccc3)C(C)=C1C2(C)C. The number of benzene rings is 3. The number of esters is 4. The molecule has 4 aliphatic rings. The van der Waals surface area contributed by atoms with Gasteiger partial charge in [0.15, 0.2) is 23.6 Å². The van der Waals surface area contributed by atoms with E-state index in [1.54, 1.807) is 36.4 Å². The van der Waals surface area contributed by atoms with Crippen molar-refractivity contribution in [2.45, 2.75) is 114 Å². The van der Waals surface area contributed by atoms with E-state index in [0.717, 1.165) is 26.0 Å². The lowest BCUT2D eigenvalue weighted by Crippen LogP contribution is -2.82. The molecule has 7 rings (SSSR count). The quantitative estimate of drug-likeness (QED) is 0.123. The van der Waals surface area contributed by atoms with Crippen molar-refractivity contribution in [3.63, 3.8) is 0 Å². The highest BCUT2D eigenvalue weighted by Gasteiger charge is 2.78. The summed E-state index contributed by atoms with van der Waals surface area (Å²) in [7, 11) is 0. The first kappa shape index (κ1) is 48.0. The number of carbonyl (C=O) groups is 6. The second-order valence-electron chi connectivity index (χ2n) is 18.1. The molecule has 1 heterocycles. The molecule has 1 saturated heterocycles. The van der Waals surface area contributed by atoms with Crippen LogP contribution in [0.15, 0.2) is 96.1 Å². The van der Waals surface area contributed by atoms with E-state index in [2.05, 4.69) is 5.32 Å². The van der Waals surface area contributed by atoms with Crippen molar-refractivity contribution < 1.29 is 80.9 Å². The van der Waals surface area contributed by atoms with Gasteiger partial charge in [0.25, 0.3) is 5.91 Å². The van der Waals surface area contributed by atoms with E-state index < -0.39 is 124 Å². The Kier molecular flexibility index (Phi) is 12.6. The third-order valence-corrected chi connectivity index (χ3v) is 13.9. The maximum atomic E-state index is 15.5. The Morgan fingerprint density at radius 3 is 2.00 bits per heavy atom. The fourth-order valence-electron chi connectivity index (χ4n) is 10.4. The Bertz CT molecular complexity index is 2440. The summed E-state index contributed by atoms with van der Waals surface area (Å²) in [4.78, 5) is 83.6. The second kappa shape index (κ2) is 17.4. The number of ether oxygens (including phenoxy) is 5. The van der Waals surface area contributed by atoms with Crippen LogP contribution in [0.25, 0.3) is 0 Å². The first-order valence-electron chi connectivity index (χ1n) is 21.2. The van der Waals surface area contributed by atoms with E-state index in [4.69, 9.17) is 23.7 Å². The van der Waals surface area contributed by atoms with Crippen LogP contribution in [-0.4, -0.2) is 105 Å². The Balaban J connectivity index is 1.35. The summed E-state index contributed by atoms with van der Waals surface area (Å²) in [6.07, 6.45) is -15.9. The molecule has 1 unspecified atom stereocenters. The van der Waals surface area contributed by atoms with Gasteiger partial charge in [-0.15, -0.1) is 0 Å². The van der Waals surface area contributed by atoms with E-state index in [9.17, 15) is 52.5 Å². The van der Waals surface area contributed by atoms with Crippen LogP contribution < -0.4 is 5.32 Å². The number of amides is 1. The number of ketones is 1. The maximum Gasteiger partial charge on any atom is 0.416 e. The number of aliphatic hydroxyl groups excluding tert-OH is 2. The monoisotopic (exact) mass is 921 g/mol. The van der Waals surface area contributed by atoms with Crippen molar-refractivity contribution in [2.75, 3.05) is 6.61 Å². The van der Waals surface area contributed by atoms with Crippen LogP contribution >= 0.6 is 0 Å². The van der Waals surface area contributed by atoms with Crippen molar-refractivity contribution in [3.05, 3.63) is 118 Å². The molecule has 0 aromatic heterocycles. The first-order chi connectivity index (χ1) is 30.9. The van der Waals surface area contributed by atoms with Crippen LogP contribution in [0.4, 0.5) is 13.2 Å². The van der Waals surface area contributed by atoms with Gasteiger partial charge in [-0.05, 0) is 67.0 Å². The fourth-order valence-corrected chi connectivity index (χ4v) is 10.4. The lowest BCUT2D eigenvalue weighted by Gasteiger charge is -2.67. The van der Waals surface area contributed by atoms with E-state index in [-0.39, 0.29) is 40.9 Å².